The molecule has 310 valence electrons. The maximum absolute atomic E-state index is 5.07. The van der Waals surface area contributed by atoms with Gasteiger partial charge in [0.25, 0.3) is 0 Å². The van der Waals surface area contributed by atoms with Gasteiger partial charge in [-0.15, -0.1) is 0 Å². The van der Waals surface area contributed by atoms with Gasteiger partial charge in [-0.1, -0.05) is 224 Å². The van der Waals surface area contributed by atoms with Gasteiger partial charge in [0.1, 0.15) is 0 Å². The molecule has 0 saturated heterocycles. The molecule has 0 atom stereocenters. The second kappa shape index (κ2) is 18.1. The molecule has 3 heteroatoms. The number of hydrogen-bond donors (Lipinski definition) is 0. The van der Waals surface area contributed by atoms with Gasteiger partial charge >= 0.3 is 0 Å². The van der Waals surface area contributed by atoms with Crippen LogP contribution in [0.25, 0.3) is 112 Å². The standard InChI is InChI=1S/C63H43N3/c1-5-16-47(17-6-1)59-41-58(42-60(64-59)48-18-7-2-8-19-48)46-32-30-44(31-33-46)52-24-13-26-54(38-52)56-28-15-29-57(40-56)55-27-14-25-53(39-55)45-34-36-50(37-35-45)62-43-61(49-20-9-3-10-21-49)65-63(66-62)51-22-11-4-12-23-51/h1-43H. The van der Waals surface area contributed by atoms with E-state index in [0.29, 0.717) is 5.82 Å². The van der Waals surface area contributed by atoms with E-state index >= 15 is 0 Å². The Morgan fingerprint density at radius 3 is 0.773 bits per heavy atom. The van der Waals surface area contributed by atoms with Crippen LogP contribution in [0.1, 0.15) is 0 Å². The van der Waals surface area contributed by atoms with Gasteiger partial charge in [0, 0.05) is 27.8 Å². The summed E-state index contributed by atoms with van der Waals surface area (Å²) < 4.78 is 0. The molecule has 0 bridgehead atoms. The zero-order valence-corrected chi connectivity index (χ0v) is 36.2. The molecule has 66 heavy (non-hydrogen) atoms. The van der Waals surface area contributed by atoms with Crippen LogP contribution in [0, 0.1) is 0 Å². The Morgan fingerprint density at radius 2 is 0.409 bits per heavy atom. The molecule has 0 saturated carbocycles. The average Bonchev–Trinajstić information content (AvgIpc) is 3.42. The largest absolute Gasteiger partial charge is 0.248 e. The molecule has 3 nitrogen and oxygen atoms in total. The van der Waals surface area contributed by atoms with Crippen molar-refractivity contribution in [3.63, 3.8) is 0 Å². The van der Waals surface area contributed by atoms with E-state index in [4.69, 9.17) is 15.0 Å². The zero-order valence-electron chi connectivity index (χ0n) is 36.2. The summed E-state index contributed by atoms with van der Waals surface area (Å²) >= 11 is 0. The molecule has 0 radical (unpaired) electrons. The van der Waals surface area contributed by atoms with E-state index < -0.39 is 0 Å². The summed E-state index contributed by atoms with van der Waals surface area (Å²) in [6, 6.07) is 91.9. The summed E-state index contributed by atoms with van der Waals surface area (Å²) in [6.07, 6.45) is 0. The minimum Gasteiger partial charge on any atom is -0.248 e. The van der Waals surface area contributed by atoms with Crippen molar-refractivity contribution in [1.82, 2.24) is 15.0 Å². The molecular weight excluding hydrogens is 799 g/mol. The van der Waals surface area contributed by atoms with E-state index in [2.05, 4.69) is 212 Å². The average molecular weight is 842 g/mol. The SMILES string of the molecule is c1ccc(-c2cc(-c3ccc(-c4cccc(-c5cccc(-c6cccc(-c7ccc(-c8cc(-c9ccccc9)nc(-c9ccccc9)n8)cc7)c6)c5)c4)cc3)cc(-c3ccccc3)n2)cc1. The normalized spacial score (nSPS) is 11.0. The molecule has 0 N–H and O–H groups in total. The maximum Gasteiger partial charge on any atom is 0.160 e. The second-order valence-corrected chi connectivity index (χ2v) is 16.4. The first-order valence-electron chi connectivity index (χ1n) is 22.3. The lowest BCUT2D eigenvalue weighted by molar-refractivity contribution is 1.18. The van der Waals surface area contributed by atoms with Gasteiger partial charge < -0.3 is 0 Å². The van der Waals surface area contributed by atoms with Gasteiger partial charge in [0.15, 0.2) is 5.82 Å². The van der Waals surface area contributed by atoms with E-state index in [1.54, 1.807) is 0 Å². The Kier molecular flexibility index (Phi) is 11.0. The highest BCUT2D eigenvalue weighted by Crippen LogP contribution is 2.35. The maximum atomic E-state index is 5.07. The van der Waals surface area contributed by atoms with Crippen LogP contribution in [0.15, 0.2) is 261 Å². The number of pyridine rings is 1. The summed E-state index contributed by atoms with van der Waals surface area (Å²) in [6.45, 7) is 0. The van der Waals surface area contributed by atoms with Crippen LogP contribution in [0.2, 0.25) is 0 Å². The van der Waals surface area contributed by atoms with Crippen molar-refractivity contribution in [3.8, 4) is 112 Å². The van der Waals surface area contributed by atoms with Crippen molar-refractivity contribution in [1.29, 1.82) is 0 Å². The number of nitrogens with zero attached hydrogens (tertiary/aromatic N) is 3. The second-order valence-electron chi connectivity index (χ2n) is 16.4. The number of rotatable bonds is 10. The van der Waals surface area contributed by atoms with Crippen LogP contribution < -0.4 is 0 Å². The number of hydrogen-bond acceptors (Lipinski definition) is 3. The monoisotopic (exact) mass is 841 g/mol. The highest BCUT2D eigenvalue weighted by molar-refractivity contribution is 5.82. The summed E-state index contributed by atoms with van der Waals surface area (Å²) in [4.78, 5) is 15.1. The van der Waals surface area contributed by atoms with E-state index in [1.807, 2.05) is 48.5 Å². The molecule has 0 amide bonds. The predicted molar refractivity (Wildman–Crippen MR) is 274 cm³/mol. The minimum absolute atomic E-state index is 0.712. The molecule has 2 heterocycles. The van der Waals surface area contributed by atoms with E-state index in [1.165, 1.54) is 33.4 Å². The van der Waals surface area contributed by atoms with Crippen LogP contribution in [-0.4, -0.2) is 15.0 Å². The third kappa shape index (κ3) is 8.62. The van der Waals surface area contributed by atoms with E-state index in [-0.39, 0.29) is 0 Å². The van der Waals surface area contributed by atoms with Gasteiger partial charge in [-0.25, -0.2) is 15.0 Å². The van der Waals surface area contributed by atoms with Crippen LogP contribution in [-0.2, 0) is 0 Å². The van der Waals surface area contributed by atoms with Gasteiger partial charge in [0.05, 0.1) is 22.8 Å². The highest BCUT2D eigenvalue weighted by atomic mass is 14.9. The lowest BCUT2D eigenvalue weighted by Gasteiger charge is -2.12. The predicted octanol–water partition coefficient (Wildman–Crippen LogP) is 16.5. The summed E-state index contributed by atoms with van der Waals surface area (Å²) in [5.41, 5.74) is 20.6. The van der Waals surface area contributed by atoms with Crippen molar-refractivity contribution >= 4 is 0 Å². The smallest absolute Gasteiger partial charge is 0.160 e. The molecular formula is C63H43N3. The fourth-order valence-electron chi connectivity index (χ4n) is 8.60. The van der Waals surface area contributed by atoms with Crippen LogP contribution in [0.5, 0.6) is 0 Å². The van der Waals surface area contributed by atoms with Crippen molar-refractivity contribution in [2.24, 2.45) is 0 Å². The Hall–Kier alpha value is -8.79. The molecule has 2 aromatic heterocycles. The minimum atomic E-state index is 0.712. The first-order chi connectivity index (χ1) is 32.7. The Labute approximate surface area is 386 Å². The third-order valence-electron chi connectivity index (χ3n) is 12.1. The molecule has 0 fully saturated rings. The number of benzene rings is 9. The van der Waals surface area contributed by atoms with Gasteiger partial charge in [-0.3, -0.25) is 0 Å². The molecule has 0 aliphatic heterocycles. The quantitative estimate of drug-likeness (QED) is 0.138. The topological polar surface area (TPSA) is 38.7 Å². The fraction of sp³-hybridized carbons (Fsp3) is 0. The van der Waals surface area contributed by atoms with Crippen molar-refractivity contribution < 1.29 is 0 Å². The summed E-state index contributed by atoms with van der Waals surface area (Å²) in [7, 11) is 0. The molecule has 9 aromatic carbocycles. The molecule has 0 aliphatic carbocycles. The van der Waals surface area contributed by atoms with E-state index in [0.717, 1.165) is 72.8 Å². The van der Waals surface area contributed by atoms with Gasteiger partial charge in [-0.05, 0) is 92.0 Å². The summed E-state index contributed by atoms with van der Waals surface area (Å²) in [5.74, 6) is 0.712. The van der Waals surface area contributed by atoms with Gasteiger partial charge in [0.2, 0.25) is 0 Å². The Morgan fingerprint density at radius 1 is 0.152 bits per heavy atom. The van der Waals surface area contributed by atoms with Gasteiger partial charge in [-0.2, -0.15) is 0 Å². The molecule has 0 spiro atoms. The Bertz CT molecular complexity index is 3080. The number of aromatic nitrogens is 3. The fourth-order valence-corrected chi connectivity index (χ4v) is 8.60. The lowest BCUT2D eigenvalue weighted by atomic mass is 9.94. The first-order valence-corrected chi connectivity index (χ1v) is 22.3. The molecule has 0 aliphatic rings. The lowest BCUT2D eigenvalue weighted by Crippen LogP contribution is -1.95. The first kappa shape index (κ1) is 40.0. The van der Waals surface area contributed by atoms with Crippen molar-refractivity contribution in [2.45, 2.75) is 0 Å². The highest BCUT2D eigenvalue weighted by Gasteiger charge is 2.13. The van der Waals surface area contributed by atoms with Crippen LogP contribution in [0.4, 0.5) is 0 Å². The van der Waals surface area contributed by atoms with Crippen LogP contribution in [0.3, 0.4) is 0 Å². The summed E-state index contributed by atoms with van der Waals surface area (Å²) in [5, 5.41) is 0. The molecule has 11 aromatic rings. The molecule has 0 unspecified atom stereocenters. The van der Waals surface area contributed by atoms with E-state index in [9.17, 15) is 0 Å². The van der Waals surface area contributed by atoms with Crippen molar-refractivity contribution in [2.75, 3.05) is 0 Å². The van der Waals surface area contributed by atoms with Crippen LogP contribution >= 0.6 is 0 Å². The Balaban J connectivity index is 0.845. The zero-order chi connectivity index (χ0) is 44.1. The molecule has 11 rings (SSSR count). The van der Waals surface area contributed by atoms with Crippen molar-refractivity contribution in [3.05, 3.63) is 261 Å². The third-order valence-corrected chi connectivity index (χ3v) is 12.1.